The molecule has 0 fully saturated rings. The number of anilines is 1. The quantitative estimate of drug-likeness (QED) is 0.280. The number of carbonyl (C=O) groups excluding carboxylic acids is 2. The van der Waals surface area contributed by atoms with E-state index in [0.717, 1.165) is 16.8 Å². The fourth-order valence-corrected chi connectivity index (χ4v) is 4.25. The van der Waals surface area contributed by atoms with Crippen molar-refractivity contribution >= 4 is 72.7 Å². The third-order valence-electron chi connectivity index (χ3n) is 4.10. The van der Waals surface area contributed by atoms with Gasteiger partial charge in [0.2, 0.25) is 6.79 Å². The van der Waals surface area contributed by atoms with Gasteiger partial charge in [-0.3, -0.25) is 9.59 Å². The van der Waals surface area contributed by atoms with E-state index in [1.807, 2.05) is 12.1 Å². The van der Waals surface area contributed by atoms with E-state index in [1.165, 1.54) is 0 Å². The van der Waals surface area contributed by atoms with E-state index in [9.17, 15) is 9.59 Å². The van der Waals surface area contributed by atoms with Crippen molar-refractivity contribution in [1.82, 2.24) is 0 Å². The van der Waals surface area contributed by atoms with Crippen LogP contribution in [0.5, 0.6) is 5.75 Å². The predicted octanol–water partition coefficient (Wildman–Crippen LogP) is 6.28. The van der Waals surface area contributed by atoms with Crippen molar-refractivity contribution < 1.29 is 19.1 Å². The van der Waals surface area contributed by atoms with Gasteiger partial charge in [0.25, 0.3) is 5.91 Å². The van der Waals surface area contributed by atoms with E-state index >= 15 is 0 Å². The van der Waals surface area contributed by atoms with Crippen LogP contribution < -0.4 is 10.1 Å². The Kier molecular flexibility index (Phi) is 6.41. The van der Waals surface area contributed by atoms with Crippen molar-refractivity contribution in [2.24, 2.45) is 5.41 Å². The Labute approximate surface area is 190 Å². The molecule has 1 aliphatic rings. The molecule has 2 aromatic rings. The number of rotatable bonds is 4. The van der Waals surface area contributed by atoms with Gasteiger partial charge in [-0.05, 0) is 94.6 Å². The van der Waals surface area contributed by atoms with Crippen LogP contribution in [0.2, 0.25) is 5.02 Å². The molecule has 0 aliphatic carbocycles. The number of esters is 1. The Morgan fingerprint density at radius 1 is 1.17 bits per heavy atom. The van der Waals surface area contributed by atoms with Crippen LogP contribution in [0.1, 0.15) is 31.9 Å². The maximum absolute atomic E-state index is 12.4. The minimum absolute atomic E-state index is 0.191. The minimum atomic E-state index is -0.602. The summed E-state index contributed by atoms with van der Waals surface area (Å²) in [5.41, 5.74) is 2.18. The molecule has 0 unspecified atom stereocenters. The Balaban J connectivity index is 1.82. The number of halogens is 3. The molecule has 152 valence electrons. The smallest absolute Gasteiger partial charge is 0.314 e. The second-order valence-electron chi connectivity index (χ2n) is 7.46. The molecule has 0 saturated carbocycles. The summed E-state index contributed by atoms with van der Waals surface area (Å²) in [6.07, 6.45) is 1.77. The minimum Gasteiger partial charge on any atom is -0.455 e. The first-order valence-electron chi connectivity index (χ1n) is 8.68. The number of ether oxygens (including phenoxy) is 2. The number of hydrogen-bond acceptors (Lipinski definition) is 4. The lowest BCUT2D eigenvalue weighted by atomic mass is 9.98. The predicted molar refractivity (Wildman–Crippen MR) is 121 cm³/mol. The van der Waals surface area contributed by atoms with Crippen LogP contribution in [0.4, 0.5) is 5.69 Å². The average Bonchev–Trinajstić information content (AvgIpc) is 2.91. The Hall–Kier alpha value is -1.83. The normalized spacial score (nSPS) is 14.6. The zero-order valence-electron chi connectivity index (χ0n) is 15.9. The molecular formula is C21H18Br2ClNO4. The average molecular weight is 544 g/mol. The van der Waals surface area contributed by atoms with E-state index in [0.29, 0.717) is 25.3 Å². The molecule has 0 radical (unpaired) electrons. The lowest BCUT2D eigenvalue weighted by Crippen LogP contribution is -2.24. The number of carbonyl (C=O) groups is 2. The summed E-state index contributed by atoms with van der Waals surface area (Å²) in [4.78, 5) is 24.2. The largest absolute Gasteiger partial charge is 0.455 e. The fraction of sp³-hybridized carbons (Fsp3) is 0.238. The topological polar surface area (TPSA) is 64.6 Å². The molecule has 0 aromatic heterocycles. The molecule has 8 heteroatoms. The van der Waals surface area contributed by atoms with Crippen LogP contribution in [0.15, 0.2) is 39.3 Å². The summed E-state index contributed by atoms with van der Waals surface area (Å²) in [5, 5.41) is 3.38. The van der Waals surface area contributed by atoms with Gasteiger partial charge in [0.05, 0.1) is 14.4 Å². The monoisotopic (exact) mass is 541 g/mol. The Morgan fingerprint density at radius 3 is 2.45 bits per heavy atom. The molecule has 0 atom stereocenters. The van der Waals surface area contributed by atoms with Crippen LogP contribution in [0, 0.1) is 5.41 Å². The second-order valence-corrected chi connectivity index (χ2v) is 9.60. The first-order chi connectivity index (χ1) is 13.6. The summed E-state index contributed by atoms with van der Waals surface area (Å²) in [6.45, 7) is 5.11. The van der Waals surface area contributed by atoms with E-state index in [-0.39, 0.29) is 18.7 Å². The van der Waals surface area contributed by atoms with Crippen LogP contribution in [0.25, 0.3) is 11.6 Å². The number of benzene rings is 2. The van der Waals surface area contributed by atoms with Crippen molar-refractivity contribution in [1.29, 1.82) is 0 Å². The molecule has 1 heterocycles. The van der Waals surface area contributed by atoms with Gasteiger partial charge < -0.3 is 14.8 Å². The Bertz CT molecular complexity index is 1000. The van der Waals surface area contributed by atoms with Crippen molar-refractivity contribution in [2.45, 2.75) is 20.8 Å². The molecule has 3 rings (SSSR count). The van der Waals surface area contributed by atoms with Crippen LogP contribution >= 0.6 is 43.5 Å². The van der Waals surface area contributed by atoms with Crippen LogP contribution in [-0.4, -0.2) is 18.7 Å². The number of hydrogen-bond donors (Lipinski definition) is 1. The summed E-state index contributed by atoms with van der Waals surface area (Å²) < 4.78 is 12.0. The van der Waals surface area contributed by atoms with Crippen LogP contribution in [-0.2, 0) is 14.3 Å². The highest BCUT2D eigenvalue weighted by Crippen LogP contribution is 2.38. The van der Waals surface area contributed by atoms with Crippen molar-refractivity contribution in [3.63, 3.8) is 0 Å². The zero-order chi connectivity index (χ0) is 21.3. The highest BCUT2D eigenvalue weighted by atomic mass is 79.9. The summed E-state index contributed by atoms with van der Waals surface area (Å²) >= 11 is 13.0. The van der Waals surface area contributed by atoms with E-state index in [1.54, 1.807) is 45.0 Å². The highest BCUT2D eigenvalue weighted by Gasteiger charge is 2.25. The lowest BCUT2D eigenvalue weighted by molar-refractivity contribution is -0.159. The van der Waals surface area contributed by atoms with Gasteiger partial charge in [-0.2, -0.15) is 0 Å². The Morgan fingerprint density at radius 2 is 1.83 bits per heavy atom. The summed E-state index contributed by atoms with van der Waals surface area (Å²) in [7, 11) is 0. The van der Waals surface area contributed by atoms with Gasteiger partial charge in [-0.15, -0.1) is 0 Å². The molecule has 0 spiro atoms. The number of nitrogens with one attached hydrogen (secondary N) is 1. The molecule has 0 bridgehead atoms. The first-order valence-corrected chi connectivity index (χ1v) is 10.6. The van der Waals surface area contributed by atoms with E-state index in [2.05, 4.69) is 37.2 Å². The maximum atomic E-state index is 12.4. The van der Waals surface area contributed by atoms with Crippen LogP contribution in [0.3, 0.4) is 0 Å². The van der Waals surface area contributed by atoms with Gasteiger partial charge in [0.15, 0.2) is 5.75 Å². The molecular weight excluding hydrogens is 525 g/mol. The summed E-state index contributed by atoms with van der Waals surface area (Å²) in [5.74, 6) is -0.0484. The first kappa shape index (κ1) is 21.9. The molecule has 29 heavy (non-hydrogen) atoms. The van der Waals surface area contributed by atoms with Crippen molar-refractivity contribution in [3.05, 3.63) is 55.4 Å². The molecule has 1 aliphatic heterocycles. The summed E-state index contributed by atoms with van der Waals surface area (Å²) in [6, 6.07) is 8.89. The third-order valence-corrected chi connectivity index (χ3v) is 5.52. The van der Waals surface area contributed by atoms with Gasteiger partial charge in [-0.1, -0.05) is 11.6 Å². The second kappa shape index (κ2) is 8.50. The highest BCUT2D eigenvalue weighted by molar-refractivity contribution is 9.11. The van der Waals surface area contributed by atoms with Gasteiger partial charge in [0.1, 0.15) is 0 Å². The third kappa shape index (κ3) is 5.02. The molecule has 1 amide bonds. The van der Waals surface area contributed by atoms with Crippen molar-refractivity contribution in [3.8, 4) is 5.75 Å². The van der Waals surface area contributed by atoms with Gasteiger partial charge >= 0.3 is 5.97 Å². The van der Waals surface area contributed by atoms with Crippen molar-refractivity contribution in [2.75, 3.05) is 12.1 Å². The lowest BCUT2D eigenvalue weighted by Gasteiger charge is -2.17. The molecule has 0 saturated heterocycles. The van der Waals surface area contributed by atoms with E-state index < -0.39 is 5.41 Å². The van der Waals surface area contributed by atoms with Gasteiger partial charge in [-0.25, -0.2) is 0 Å². The maximum Gasteiger partial charge on any atom is 0.314 e. The molecule has 2 aromatic carbocycles. The number of fused-ring (bicyclic) bond motifs is 1. The standard InChI is InChI=1S/C21H18Br2ClNO4/c1-21(2,3)20(27)29-10-28-18-15(22)7-11(8-16(18)23)6-14-13-9-12(24)4-5-17(13)25-19(14)26/h4-9H,10H2,1-3H3,(H,25,26). The number of amides is 1. The molecule has 1 N–H and O–H groups in total. The zero-order valence-corrected chi connectivity index (χ0v) is 19.9. The fourth-order valence-electron chi connectivity index (χ4n) is 2.63. The van der Waals surface area contributed by atoms with Gasteiger partial charge in [0, 0.05) is 21.8 Å². The molecule has 5 nitrogen and oxygen atoms in total. The SMILES string of the molecule is CC(C)(C)C(=O)OCOc1c(Br)cc(C=C2C(=O)Nc3ccc(Cl)cc32)cc1Br. The van der Waals surface area contributed by atoms with E-state index in [4.69, 9.17) is 21.1 Å².